The van der Waals surface area contributed by atoms with Gasteiger partial charge in [-0.1, -0.05) is 11.6 Å². The normalized spacial score (nSPS) is 11.4. The Labute approximate surface area is 132 Å². The van der Waals surface area contributed by atoms with E-state index in [-0.39, 0.29) is 5.75 Å². The zero-order valence-electron chi connectivity index (χ0n) is 12.6. The van der Waals surface area contributed by atoms with Crippen LogP contribution in [-0.4, -0.2) is 23.2 Å². The highest BCUT2D eigenvalue weighted by atomic mass is 19.3. The number of aryl methyl sites for hydroxylation is 1. The van der Waals surface area contributed by atoms with Gasteiger partial charge < -0.3 is 4.74 Å². The molecule has 0 bridgehead atoms. The SMILES string of the molecule is C/C(=N/NC(=O)c1cccnc1)c1cc(C)ccc1OC(F)F. The van der Waals surface area contributed by atoms with Crippen LogP contribution < -0.4 is 10.2 Å². The number of carbonyl (C=O) groups is 1. The van der Waals surface area contributed by atoms with Gasteiger partial charge in [-0.2, -0.15) is 13.9 Å². The Morgan fingerprint density at radius 2 is 2.13 bits per heavy atom. The topological polar surface area (TPSA) is 63.6 Å². The number of halogens is 2. The monoisotopic (exact) mass is 319 g/mol. The summed E-state index contributed by atoms with van der Waals surface area (Å²) in [6.45, 7) is 0.475. The molecule has 0 aliphatic heterocycles. The van der Waals surface area contributed by atoms with Crippen LogP contribution in [0.15, 0.2) is 47.8 Å². The fourth-order valence-electron chi connectivity index (χ4n) is 1.88. The van der Waals surface area contributed by atoms with Gasteiger partial charge in [0.2, 0.25) is 0 Å². The van der Waals surface area contributed by atoms with Crippen molar-refractivity contribution in [2.45, 2.75) is 20.5 Å². The van der Waals surface area contributed by atoms with E-state index in [0.29, 0.717) is 16.8 Å². The first-order chi connectivity index (χ1) is 11.0. The molecule has 1 amide bonds. The first-order valence-electron chi connectivity index (χ1n) is 6.78. The number of pyridine rings is 1. The molecule has 1 aromatic carbocycles. The van der Waals surface area contributed by atoms with Crippen LogP contribution in [0, 0.1) is 6.92 Å². The van der Waals surface area contributed by atoms with Crippen molar-refractivity contribution < 1.29 is 18.3 Å². The lowest BCUT2D eigenvalue weighted by Crippen LogP contribution is -2.19. The number of benzene rings is 1. The number of hydrogen-bond donors (Lipinski definition) is 1. The van der Waals surface area contributed by atoms with Crippen molar-refractivity contribution in [3.8, 4) is 5.75 Å². The van der Waals surface area contributed by atoms with Crippen molar-refractivity contribution in [1.82, 2.24) is 10.4 Å². The summed E-state index contributed by atoms with van der Waals surface area (Å²) in [6.07, 6.45) is 2.95. The lowest BCUT2D eigenvalue weighted by atomic mass is 10.1. The average molecular weight is 319 g/mol. The molecule has 0 aliphatic rings. The third-order valence-corrected chi connectivity index (χ3v) is 2.99. The molecule has 7 heteroatoms. The van der Waals surface area contributed by atoms with Gasteiger partial charge in [0.1, 0.15) is 5.75 Å². The zero-order valence-corrected chi connectivity index (χ0v) is 12.6. The molecule has 0 spiro atoms. The Kier molecular flexibility index (Phi) is 5.35. The molecule has 0 radical (unpaired) electrons. The molecule has 0 atom stereocenters. The zero-order chi connectivity index (χ0) is 16.8. The summed E-state index contributed by atoms with van der Waals surface area (Å²) in [6, 6.07) is 7.97. The van der Waals surface area contributed by atoms with Crippen LogP contribution in [0.4, 0.5) is 8.78 Å². The third-order valence-electron chi connectivity index (χ3n) is 2.99. The first-order valence-corrected chi connectivity index (χ1v) is 6.78. The van der Waals surface area contributed by atoms with Crippen molar-refractivity contribution in [3.05, 3.63) is 59.4 Å². The molecule has 0 saturated carbocycles. The van der Waals surface area contributed by atoms with Crippen LogP contribution in [-0.2, 0) is 0 Å². The number of nitrogens with zero attached hydrogens (tertiary/aromatic N) is 2. The third kappa shape index (κ3) is 4.57. The maximum Gasteiger partial charge on any atom is 0.387 e. The van der Waals surface area contributed by atoms with Gasteiger partial charge in [0.05, 0.1) is 11.3 Å². The van der Waals surface area contributed by atoms with Crippen molar-refractivity contribution in [2.24, 2.45) is 5.10 Å². The molecule has 23 heavy (non-hydrogen) atoms. The second-order valence-corrected chi connectivity index (χ2v) is 4.76. The van der Waals surface area contributed by atoms with Gasteiger partial charge in [0.15, 0.2) is 0 Å². The largest absolute Gasteiger partial charge is 0.434 e. The number of hydrazone groups is 1. The quantitative estimate of drug-likeness (QED) is 0.680. The smallest absolute Gasteiger partial charge is 0.387 e. The van der Waals surface area contributed by atoms with E-state index in [0.717, 1.165) is 5.56 Å². The summed E-state index contributed by atoms with van der Waals surface area (Å²) in [4.78, 5) is 15.7. The van der Waals surface area contributed by atoms with Crippen LogP contribution in [0.3, 0.4) is 0 Å². The summed E-state index contributed by atoms with van der Waals surface area (Å²) in [5, 5.41) is 3.94. The minimum Gasteiger partial charge on any atom is -0.434 e. The molecular formula is C16H15F2N3O2. The number of amides is 1. The van der Waals surface area contributed by atoms with Crippen LogP contribution >= 0.6 is 0 Å². The summed E-state index contributed by atoms with van der Waals surface area (Å²) in [7, 11) is 0. The van der Waals surface area contributed by atoms with Gasteiger partial charge in [-0.15, -0.1) is 0 Å². The first kappa shape index (κ1) is 16.5. The molecule has 1 N–H and O–H groups in total. The predicted octanol–water partition coefficient (Wildman–Crippen LogP) is 3.15. The van der Waals surface area contributed by atoms with E-state index in [4.69, 9.17) is 0 Å². The number of ether oxygens (including phenoxy) is 1. The Morgan fingerprint density at radius 3 is 2.78 bits per heavy atom. The van der Waals surface area contributed by atoms with Gasteiger partial charge in [-0.25, -0.2) is 5.43 Å². The van der Waals surface area contributed by atoms with Gasteiger partial charge in [-0.3, -0.25) is 9.78 Å². The maximum atomic E-state index is 12.5. The van der Waals surface area contributed by atoms with E-state index >= 15 is 0 Å². The molecule has 1 aromatic heterocycles. The van der Waals surface area contributed by atoms with E-state index in [9.17, 15) is 13.6 Å². The van der Waals surface area contributed by atoms with Gasteiger partial charge in [0, 0.05) is 18.0 Å². The van der Waals surface area contributed by atoms with Crippen LogP contribution in [0.2, 0.25) is 0 Å². The fourth-order valence-corrected chi connectivity index (χ4v) is 1.88. The molecule has 120 valence electrons. The van der Waals surface area contributed by atoms with Gasteiger partial charge in [0.25, 0.3) is 5.91 Å². The standard InChI is InChI=1S/C16H15F2N3O2/c1-10-5-6-14(23-16(17)18)13(8-10)11(2)20-21-15(22)12-4-3-7-19-9-12/h3-9,16H,1-2H3,(H,21,22)/b20-11-. The lowest BCUT2D eigenvalue weighted by Gasteiger charge is -2.11. The van der Waals surface area contributed by atoms with E-state index in [1.165, 1.54) is 12.3 Å². The van der Waals surface area contributed by atoms with E-state index < -0.39 is 12.5 Å². The van der Waals surface area contributed by atoms with Crippen LogP contribution in [0.5, 0.6) is 5.75 Å². The van der Waals surface area contributed by atoms with Crippen LogP contribution in [0.25, 0.3) is 0 Å². The highest BCUT2D eigenvalue weighted by Crippen LogP contribution is 2.22. The molecule has 5 nitrogen and oxygen atoms in total. The number of carbonyl (C=O) groups excluding carboxylic acids is 1. The molecule has 0 fully saturated rings. The van der Waals surface area contributed by atoms with E-state index in [2.05, 4.69) is 20.2 Å². The van der Waals surface area contributed by atoms with Gasteiger partial charge >= 0.3 is 6.61 Å². The van der Waals surface area contributed by atoms with Crippen LogP contribution in [0.1, 0.15) is 28.4 Å². The number of hydrogen-bond acceptors (Lipinski definition) is 4. The molecule has 2 rings (SSSR count). The van der Waals surface area contributed by atoms with Crippen molar-refractivity contribution in [1.29, 1.82) is 0 Å². The number of alkyl halides is 2. The Bertz CT molecular complexity index is 719. The Morgan fingerprint density at radius 1 is 1.35 bits per heavy atom. The summed E-state index contributed by atoms with van der Waals surface area (Å²) < 4.78 is 29.4. The average Bonchev–Trinajstić information content (AvgIpc) is 2.54. The maximum absolute atomic E-state index is 12.5. The van der Waals surface area contributed by atoms with E-state index in [1.54, 1.807) is 37.4 Å². The summed E-state index contributed by atoms with van der Waals surface area (Å²) in [5.41, 5.74) is 4.30. The highest BCUT2D eigenvalue weighted by Gasteiger charge is 2.13. The molecule has 2 aromatic rings. The second-order valence-electron chi connectivity index (χ2n) is 4.76. The molecule has 1 heterocycles. The second kappa shape index (κ2) is 7.44. The van der Waals surface area contributed by atoms with Crippen molar-refractivity contribution >= 4 is 11.6 Å². The molecule has 0 saturated heterocycles. The van der Waals surface area contributed by atoms with E-state index in [1.807, 2.05) is 6.92 Å². The number of nitrogens with one attached hydrogen (secondary N) is 1. The Balaban J connectivity index is 2.20. The molecular weight excluding hydrogens is 304 g/mol. The number of aromatic nitrogens is 1. The highest BCUT2D eigenvalue weighted by molar-refractivity contribution is 6.02. The lowest BCUT2D eigenvalue weighted by molar-refractivity contribution is -0.0499. The predicted molar refractivity (Wildman–Crippen MR) is 81.7 cm³/mol. The molecule has 0 aliphatic carbocycles. The Hall–Kier alpha value is -2.83. The summed E-state index contributed by atoms with van der Waals surface area (Å²) in [5.74, 6) is -0.441. The molecule has 0 unspecified atom stereocenters. The minimum atomic E-state index is -2.94. The minimum absolute atomic E-state index is 0.00229. The number of rotatable bonds is 5. The van der Waals surface area contributed by atoms with Crippen molar-refractivity contribution in [2.75, 3.05) is 0 Å². The summed E-state index contributed by atoms with van der Waals surface area (Å²) >= 11 is 0. The van der Waals surface area contributed by atoms with Gasteiger partial charge in [-0.05, 0) is 38.1 Å². The van der Waals surface area contributed by atoms with Crippen molar-refractivity contribution in [3.63, 3.8) is 0 Å². The fraction of sp³-hybridized carbons (Fsp3) is 0.188.